The van der Waals surface area contributed by atoms with Gasteiger partial charge in [0.2, 0.25) is 0 Å². The molecule has 0 unspecified atom stereocenters. The van der Waals surface area contributed by atoms with Crippen LogP contribution in [0.1, 0.15) is 11.3 Å². The third-order valence-electron chi connectivity index (χ3n) is 2.29. The molecule has 0 N–H and O–H groups in total. The van der Waals surface area contributed by atoms with Gasteiger partial charge in [-0.05, 0) is 6.92 Å². The number of nitrogens with zero attached hydrogens (tertiary/aromatic N) is 3. The maximum Gasteiger partial charge on any atom is 0.330 e. The minimum absolute atomic E-state index is 0.349. The molecule has 15 heavy (non-hydrogen) atoms. The third kappa shape index (κ3) is 1.83. The van der Waals surface area contributed by atoms with Crippen LogP contribution in [0.5, 0.6) is 0 Å². The molecule has 0 aliphatic rings. The molecule has 0 atom stereocenters. The molecule has 0 radical (unpaired) electrons. The molecule has 6 heteroatoms. The molecule has 0 aliphatic heterocycles. The van der Waals surface area contributed by atoms with Crippen molar-refractivity contribution in [1.29, 1.82) is 0 Å². The van der Waals surface area contributed by atoms with Gasteiger partial charge in [-0.1, -0.05) is 5.16 Å². The highest BCUT2D eigenvalue weighted by Crippen LogP contribution is 1.94. The first-order valence-electron chi connectivity index (χ1n) is 4.33. The third-order valence-corrected chi connectivity index (χ3v) is 2.29. The number of rotatable bonds is 2. The van der Waals surface area contributed by atoms with Gasteiger partial charge >= 0.3 is 5.69 Å². The minimum Gasteiger partial charge on any atom is -0.399 e. The lowest BCUT2D eigenvalue weighted by atomic mass is 10.2. The van der Waals surface area contributed by atoms with E-state index >= 15 is 0 Å². The van der Waals surface area contributed by atoms with Gasteiger partial charge in [0, 0.05) is 19.8 Å². The molecule has 0 aliphatic carbocycles. The van der Waals surface area contributed by atoms with E-state index in [1.807, 2.05) is 0 Å². The Kier molecular flexibility index (Phi) is 3.08. The quantitative estimate of drug-likeness (QED) is 0.483. The van der Waals surface area contributed by atoms with Crippen LogP contribution in [-0.4, -0.2) is 22.5 Å². The van der Waals surface area contributed by atoms with Gasteiger partial charge < -0.3 is 9.40 Å². The molecule has 0 aromatic carbocycles. The van der Waals surface area contributed by atoms with Crippen LogP contribution in [0.2, 0.25) is 0 Å². The average Bonchev–Trinajstić information content (AvgIpc) is 2.24. The Bertz CT molecular complexity index is 511. The number of hydrogen-bond donors (Lipinski definition) is 0. The van der Waals surface area contributed by atoms with E-state index in [0.717, 1.165) is 4.57 Å². The molecule has 1 aromatic rings. The lowest BCUT2D eigenvalue weighted by molar-refractivity contribution is 0.215. The van der Waals surface area contributed by atoms with Gasteiger partial charge in [-0.3, -0.25) is 9.36 Å². The van der Waals surface area contributed by atoms with Crippen molar-refractivity contribution in [3.63, 3.8) is 0 Å². The second kappa shape index (κ2) is 4.12. The highest BCUT2D eigenvalue weighted by atomic mass is 16.6. The van der Waals surface area contributed by atoms with E-state index in [4.69, 9.17) is 0 Å². The van der Waals surface area contributed by atoms with Gasteiger partial charge in [-0.2, -0.15) is 0 Å². The molecular weight excluding hydrogens is 198 g/mol. The van der Waals surface area contributed by atoms with E-state index in [2.05, 4.69) is 9.99 Å². The predicted molar refractivity (Wildman–Crippen MR) is 56.3 cm³/mol. The summed E-state index contributed by atoms with van der Waals surface area (Å²) in [5.74, 6) is 0. The Labute approximate surface area is 86.4 Å². The molecule has 0 saturated heterocycles. The van der Waals surface area contributed by atoms with Crippen molar-refractivity contribution in [2.45, 2.75) is 6.92 Å². The molecule has 0 amide bonds. The largest absolute Gasteiger partial charge is 0.399 e. The normalized spacial score (nSPS) is 10.9. The van der Waals surface area contributed by atoms with Gasteiger partial charge in [0.25, 0.3) is 5.56 Å². The highest BCUT2D eigenvalue weighted by Gasteiger charge is 2.09. The van der Waals surface area contributed by atoms with Crippen molar-refractivity contribution in [3.8, 4) is 0 Å². The van der Waals surface area contributed by atoms with Crippen LogP contribution in [0.25, 0.3) is 0 Å². The molecule has 0 saturated carbocycles. The minimum atomic E-state index is -0.378. The molecular formula is C9H13N3O3. The van der Waals surface area contributed by atoms with Crippen molar-refractivity contribution in [1.82, 2.24) is 9.13 Å². The van der Waals surface area contributed by atoms with Crippen LogP contribution in [0, 0.1) is 6.92 Å². The van der Waals surface area contributed by atoms with Crippen molar-refractivity contribution >= 4 is 6.21 Å². The monoisotopic (exact) mass is 211 g/mol. The van der Waals surface area contributed by atoms with Crippen LogP contribution in [0.3, 0.4) is 0 Å². The predicted octanol–water partition coefficient (Wildman–Crippen LogP) is -0.627. The Morgan fingerprint density at radius 2 is 1.87 bits per heavy atom. The fourth-order valence-corrected chi connectivity index (χ4v) is 1.23. The smallest absolute Gasteiger partial charge is 0.330 e. The fourth-order valence-electron chi connectivity index (χ4n) is 1.23. The summed E-state index contributed by atoms with van der Waals surface area (Å²) >= 11 is 0. The first-order valence-corrected chi connectivity index (χ1v) is 4.33. The highest BCUT2D eigenvalue weighted by molar-refractivity contribution is 5.79. The second-order valence-corrected chi connectivity index (χ2v) is 3.12. The van der Waals surface area contributed by atoms with Crippen LogP contribution in [-0.2, 0) is 18.9 Å². The summed E-state index contributed by atoms with van der Waals surface area (Å²) in [6.45, 7) is 1.68. The molecule has 0 fully saturated rings. The van der Waals surface area contributed by atoms with E-state index in [1.54, 1.807) is 14.0 Å². The van der Waals surface area contributed by atoms with E-state index in [0.29, 0.717) is 11.3 Å². The number of aromatic nitrogens is 2. The summed E-state index contributed by atoms with van der Waals surface area (Å²) in [7, 11) is 4.41. The van der Waals surface area contributed by atoms with Gasteiger partial charge in [0.05, 0.1) is 11.8 Å². The summed E-state index contributed by atoms with van der Waals surface area (Å²) in [5, 5.41) is 3.52. The van der Waals surface area contributed by atoms with E-state index in [1.165, 1.54) is 24.9 Å². The van der Waals surface area contributed by atoms with Crippen LogP contribution < -0.4 is 11.2 Å². The zero-order chi connectivity index (χ0) is 11.6. The lowest BCUT2D eigenvalue weighted by Gasteiger charge is -2.08. The van der Waals surface area contributed by atoms with Gasteiger partial charge in [0.1, 0.15) is 7.11 Å². The van der Waals surface area contributed by atoms with E-state index < -0.39 is 0 Å². The zero-order valence-electron chi connectivity index (χ0n) is 9.14. The first-order chi connectivity index (χ1) is 7.00. The standard InChI is InChI=1S/C9H13N3O3/c1-6-7(5-10-15-4)8(13)12(3)9(14)11(6)2/h5H,1-4H3. The van der Waals surface area contributed by atoms with Crippen molar-refractivity contribution in [2.75, 3.05) is 7.11 Å². The molecule has 6 nitrogen and oxygen atoms in total. The van der Waals surface area contributed by atoms with Gasteiger partial charge in [-0.25, -0.2) is 4.79 Å². The molecule has 82 valence electrons. The summed E-state index contributed by atoms with van der Waals surface area (Å²) < 4.78 is 2.42. The fraction of sp³-hybridized carbons (Fsp3) is 0.444. The van der Waals surface area contributed by atoms with Crippen LogP contribution >= 0.6 is 0 Å². The van der Waals surface area contributed by atoms with Crippen molar-refractivity contribution in [2.24, 2.45) is 19.3 Å². The van der Waals surface area contributed by atoms with E-state index in [9.17, 15) is 9.59 Å². The Balaban J connectivity index is 3.60. The Morgan fingerprint density at radius 1 is 1.27 bits per heavy atom. The summed E-state index contributed by atoms with van der Waals surface area (Å²) in [6, 6.07) is 0. The molecule has 0 bridgehead atoms. The number of hydrogen-bond acceptors (Lipinski definition) is 4. The Morgan fingerprint density at radius 3 is 2.40 bits per heavy atom. The van der Waals surface area contributed by atoms with E-state index in [-0.39, 0.29) is 11.2 Å². The maximum atomic E-state index is 11.7. The van der Waals surface area contributed by atoms with Crippen LogP contribution in [0.4, 0.5) is 0 Å². The first kappa shape index (κ1) is 11.2. The SMILES string of the molecule is CON=Cc1c(C)n(C)c(=O)n(C)c1=O. The second-order valence-electron chi connectivity index (χ2n) is 3.12. The van der Waals surface area contributed by atoms with Gasteiger partial charge in [0.15, 0.2) is 0 Å². The summed E-state index contributed by atoms with van der Waals surface area (Å²) in [6.07, 6.45) is 1.30. The molecule has 1 heterocycles. The zero-order valence-corrected chi connectivity index (χ0v) is 9.14. The summed E-state index contributed by atoms with van der Waals surface area (Å²) in [4.78, 5) is 27.7. The maximum absolute atomic E-state index is 11.7. The topological polar surface area (TPSA) is 65.6 Å². The molecule has 1 rings (SSSR count). The number of oxime groups is 1. The van der Waals surface area contributed by atoms with Crippen molar-refractivity contribution in [3.05, 3.63) is 32.1 Å². The van der Waals surface area contributed by atoms with Crippen LogP contribution in [0.15, 0.2) is 14.7 Å². The summed E-state index contributed by atoms with van der Waals surface area (Å²) in [5.41, 5.74) is 0.175. The van der Waals surface area contributed by atoms with Crippen molar-refractivity contribution < 1.29 is 4.84 Å². The molecule has 0 spiro atoms. The Hall–Kier alpha value is -1.85. The van der Waals surface area contributed by atoms with Gasteiger partial charge in [-0.15, -0.1) is 0 Å². The average molecular weight is 211 g/mol. The molecule has 1 aromatic heterocycles. The lowest BCUT2D eigenvalue weighted by Crippen LogP contribution is -2.40.